The third-order valence-corrected chi connectivity index (χ3v) is 1.48. The quantitative estimate of drug-likeness (QED) is 0.600. The molecule has 64 valence electrons. The van der Waals surface area contributed by atoms with Crippen LogP contribution in [0, 0.1) is 6.92 Å². The summed E-state index contributed by atoms with van der Waals surface area (Å²) < 4.78 is 4.91. The predicted octanol–water partition coefficient (Wildman–Crippen LogP) is 2.56. The van der Waals surface area contributed by atoms with Crippen molar-refractivity contribution < 1.29 is 4.52 Å². The molecule has 0 bridgehead atoms. The van der Waals surface area contributed by atoms with Crippen molar-refractivity contribution in [2.24, 2.45) is 0 Å². The SMILES string of the molecule is CC.Cc1nccc2oncc12. The van der Waals surface area contributed by atoms with Gasteiger partial charge < -0.3 is 4.52 Å². The number of fused-ring (bicyclic) bond motifs is 1. The molecule has 0 aliphatic heterocycles. The molecule has 0 saturated heterocycles. The van der Waals surface area contributed by atoms with Crippen LogP contribution in [0.2, 0.25) is 0 Å². The second kappa shape index (κ2) is 3.85. The third-order valence-electron chi connectivity index (χ3n) is 1.48. The van der Waals surface area contributed by atoms with E-state index in [0.717, 1.165) is 16.7 Å². The van der Waals surface area contributed by atoms with E-state index < -0.39 is 0 Å². The standard InChI is InChI=1S/C7H6N2O.C2H6/c1-5-6-4-9-10-7(6)2-3-8-5;1-2/h2-4H,1H3;1-2H3. The topological polar surface area (TPSA) is 38.9 Å². The van der Waals surface area contributed by atoms with Gasteiger partial charge in [0.1, 0.15) is 0 Å². The van der Waals surface area contributed by atoms with Gasteiger partial charge >= 0.3 is 0 Å². The van der Waals surface area contributed by atoms with Gasteiger partial charge in [0, 0.05) is 18.0 Å². The molecule has 2 aromatic heterocycles. The zero-order valence-electron chi connectivity index (χ0n) is 7.53. The lowest BCUT2D eigenvalue weighted by atomic mass is 10.3. The Morgan fingerprint density at radius 2 is 2.08 bits per heavy atom. The Kier molecular flexibility index (Phi) is 2.80. The Hall–Kier alpha value is -1.38. The van der Waals surface area contributed by atoms with E-state index in [1.54, 1.807) is 18.5 Å². The second-order valence-corrected chi connectivity index (χ2v) is 2.13. The predicted molar refractivity (Wildman–Crippen MR) is 47.9 cm³/mol. The molecule has 0 amide bonds. The van der Waals surface area contributed by atoms with Gasteiger partial charge in [-0.25, -0.2) is 0 Å². The summed E-state index contributed by atoms with van der Waals surface area (Å²) in [5, 5.41) is 4.64. The molecule has 0 fully saturated rings. The molecule has 12 heavy (non-hydrogen) atoms. The van der Waals surface area contributed by atoms with Crippen molar-refractivity contribution in [1.29, 1.82) is 0 Å². The Labute approximate surface area is 71.4 Å². The van der Waals surface area contributed by atoms with Gasteiger partial charge in [0.25, 0.3) is 0 Å². The number of hydrogen-bond acceptors (Lipinski definition) is 3. The van der Waals surface area contributed by atoms with Crippen molar-refractivity contribution in [3.63, 3.8) is 0 Å². The monoisotopic (exact) mass is 164 g/mol. The molecule has 0 saturated carbocycles. The molecule has 3 heteroatoms. The largest absolute Gasteiger partial charge is 0.356 e. The van der Waals surface area contributed by atoms with E-state index >= 15 is 0 Å². The molecule has 2 heterocycles. The molecule has 0 N–H and O–H groups in total. The van der Waals surface area contributed by atoms with Crippen molar-refractivity contribution in [2.75, 3.05) is 0 Å². The Bertz CT molecular complexity index is 354. The Morgan fingerprint density at radius 1 is 1.33 bits per heavy atom. The van der Waals surface area contributed by atoms with E-state index in [-0.39, 0.29) is 0 Å². The van der Waals surface area contributed by atoms with E-state index in [4.69, 9.17) is 4.52 Å². The fourth-order valence-corrected chi connectivity index (χ4v) is 0.927. The van der Waals surface area contributed by atoms with Crippen LogP contribution in [0.1, 0.15) is 19.5 Å². The summed E-state index contributed by atoms with van der Waals surface area (Å²) in [6.45, 7) is 5.93. The average Bonchev–Trinajstić information content (AvgIpc) is 2.57. The van der Waals surface area contributed by atoms with Crippen LogP contribution in [0.15, 0.2) is 23.0 Å². The number of aryl methyl sites for hydroxylation is 1. The Balaban J connectivity index is 0.000000336. The molecule has 0 spiro atoms. The highest BCUT2D eigenvalue weighted by atomic mass is 16.5. The van der Waals surface area contributed by atoms with Gasteiger partial charge in [0.05, 0.1) is 11.6 Å². The number of pyridine rings is 1. The maximum atomic E-state index is 4.91. The lowest BCUT2D eigenvalue weighted by Crippen LogP contribution is -1.77. The van der Waals surface area contributed by atoms with Gasteiger partial charge in [0.2, 0.25) is 0 Å². The first-order valence-corrected chi connectivity index (χ1v) is 4.04. The fraction of sp³-hybridized carbons (Fsp3) is 0.333. The van der Waals surface area contributed by atoms with Gasteiger partial charge in [-0.3, -0.25) is 4.98 Å². The molecule has 0 atom stereocenters. The van der Waals surface area contributed by atoms with Crippen molar-refractivity contribution in [3.8, 4) is 0 Å². The van der Waals surface area contributed by atoms with Gasteiger partial charge in [-0.05, 0) is 6.92 Å². The third kappa shape index (κ3) is 1.44. The molecule has 0 aromatic carbocycles. The minimum atomic E-state index is 0.799. The summed E-state index contributed by atoms with van der Waals surface area (Å²) in [7, 11) is 0. The highest BCUT2D eigenvalue weighted by Gasteiger charge is 1.99. The minimum Gasteiger partial charge on any atom is -0.356 e. The van der Waals surface area contributed by atoms with Crippen molar-refractivity contribution >= 4 is 11.0 Å². The second-order valence-electron chi connectivity index (χ2n) is 2.13. The summed E-state index contributed by atoms with van der Waals surface area (Å²) in [6, 6.07) is 1.80. The molecular weight excluding hydrogens is 152 g/mol. The van der Waals surface area contributed by atoms with Crippen LogP contribution in [-0.4, -0.2) is 10.1 Å². The molecule has 2 rings (SSSR count). The van der Waals surface area contributed by atoms with E-state index in [0.29, 0.717) is 0 Å². The van der Waals surface area contributed by atoms with Gasteiger partial charge in [-0.2, -0.15) is 0 Å². The maximum Gasteiger partial charge on any atom is 0.170 e. The smallest absolute Gasteiger partial charge is 0.170 e. The summed E-state index contributed by atoms with van der Waals surface area (Å²) in [6.07, 6.45) is 3.39. The molecule has 0 unspecified atom stereocenters. The number of aromatic nitrogens is 2. The zero-order chi connectivity index (χ0) is 8.97. The van der Waals surface area contributed by atoms with Crippen LogP contribution >= 0.6 is 0 Å². The van der Waals surface area contributed by atoms with Crippen molar-refractivity contribution in [1.82, 2.24) is 10.1 Å². The van der Waals surface area contributed by atoms with Crippen LogP contribution in [0.25, 0.3) is 11.0 Å². The zero-order valence-corrected chi connectivity index (χ0v) is 7.53. The van der Waals surface area contributed by atoms with Gasteiger partial charge in [0.15, 0.2) is 5.58 Å². The van der Waals surface area contributed by atoms with Gasteiger partial charge in [-0.1, -0.05) is 19.0 Å². The lowest BCUT2D eigenvalue weighted by molar-refractivity contribution is 0.456. The molecule has 0 radical (unpaired) electrons. The molecular formula is C9H12N2O. The van der Waals surface area contributed by atoms with Crippen molar-refractivity contribution in [2.45, 2.75) is 20.8 Å². The molecule has 3 nitrogen and oxygen atoms in total. The van der Waals surface area contributed by atoms with Crippen LogP contribution in [-0.2, 0) is 0 Å². The van der Waals surface area contributed by atoms with E-state index in [1.165, 1.54) is 0 Å². The van der Waals surface area contributed by atoms with E-state index in [1.807, 2.05) is 20.8 Å². The summed E-state index contributed by atoms with van der Waals surface area (Å²) >= 11 is 0. The maximum absolute atomic E-state index is 4.91. The summed E-state index contributed by atoms with van der Waals surface area (Å²) in [4.78, 5) is 4.08. The van der Waals surface area contributed by atoms with Gasteiger partial charge in [-0.15, -0.1) is 0 Å². The van der Waals surface area contributed by atoms with Crippen LogP contribution in [0.4, 0.5) is 0 Å². The van der Waals surface area contributed by atoms with Crippen LogP contribution in [0.5, 0.6) is 0 Å². The van der Waals surface area contributed by atoms with E-state index in [2.05, 4.69) is 10.1 Å². The first-order chi connectivity index (χ1) is 5.88. The highest BCUT2D eigenvalue weighted by Crippen LogP contribution is 2.13. The lowest BCUT2D eigenvalue weighted by Gasteiger charge is -1.88. The van der Waals surface area contributed by atoms with E-state index in [9.17, 15) is 0 Å². The first kappa shape index (κ1) is 8.71. The molecule has 2 aromatic rings. The Morgan fingerprint density at radius 3 is 2.75 bits per heavy atom. The molecule has 0 aliphatic carbocycles. The number of rotatable bonds is 0. The fourth-order valence-electron chi connectivity index (χ4n) is 0.927. The first-order valence-electron chi connectivity index (χ1n) is 4.04. The average molecular weight is 164 g/mol. The summed E-state index contributed by atoms with van der Waals surface area (Å²) in [5.74, 6) is 0. The summed E-state index contributed by atoms with van der Waals surface area (Å²) in [5.41, 5.74) is 1.76. The number of nitrogens with zero attached hydrogens (tertiary/aromatic N) is 2. The minimum absolute atomic E-state index is 0.799. The number of hydrogen-bond donors (Lipinski definition) is 0. The normalized spacial score (nSPS) is 9.25. The van der Waals surface area contributed by atoms with Crippen molar-refractivity contribution in [3.05, 3.63) is 24.2 Å². The molecule has 0 aliphatic rings. The van der Waals surface area contributed by atoms with Crippen LogP contribution < -0.4 is 0 Å². The van der Waals surface area contributed by atoms with Crippen LogP contribution in [0.3, 0.4) is 0 Å². The highest BCUT2D eigenvalue weighted by molar-refractivity contribution is 5.77.